The van der Waals surface area contributed by atoms with E-state index in [2.05, 4.69) is 14.1 Å². The Hall–Kier alpha value is -2.37. The van der Waals surface area contributed by atoms with Crippen molar-refractivity contribution in [2.24, 2.45) is 0 Å². The number of carbonyl (C=O) groups is 1. The number of fused-ring (bicyclic) bond motifs is 1. The molecule has 2 aromatic rings. The third-order valence-corrected chi connectivity index (χ3v) is 2.08. The lowest BCUT2D eigenvalue weighted by Gasteiger charge is -2.00. The minimum atomic E-state index is -0.830. The minimum absolute atomic E-state index is 0.127. The lowest BCUT2D eigenvalue weighted by Crippen LogP contribution is -2.15. The maximum atomic E-state index is 11.3. The van der Waals surface area contributed by atoms with Gasteiger partial charge in [-0.05, 0) is 18.2 Å². The molecular formula is C10H7NO5. The van der Waals surface area contributed by atoms with E-state index in [9.17, 15) is 14.4 Å². The standard InChI is InChI=1S/C10H7NO5/c1-15-8(12)5-2-3-7-6(4-5)9(13)16-10(14)11-7/h2-4H,1H3,(H,11,14). The molecule has 0 saturated heterocycles. The van der Waals surface area contributed by atoms with Gasteiger partial charge in [0.25, 0.3) is 0 Å². The Balaban J connectivity index is 2.76. The molecule has 82 valence electrons. The molecule has 1 aromatic carbocycles. The average Bonchev–Trinajstić information content (AvgIpc) is 2.27. The Morgan fingerprint density at radius 2 is 2.12 bits per heavy atom. The molecule has 0 unspecified atom stereocenters. The second-order valence-corrected chi connectivity index (χ2v) is 3.05. The van der Waals surface area contributed by atoms with Crippen LogP contribution in [0.2, 0.25) is 0 Å². The van der Waals surface area contributed by atoms with Gasteiger partial charge in [0, 0.05) is 0 Å². The summed E-state index contributed by atoms with van der Waals surface area (Å²) < 4.78 is 8.85. The first-order valence-corrected chi connectivity index (χ1v) is 4.37. The van der Waals surface area contributed by atoms with Crippen molar-refractivity contribution in [3.63, 3.8) is 0 Å². The van der Waals surface area contributed by atoms with Gasteiger partial charge in [-0.3, -0.25) is 4.98 Å². The molecule has 16 heavy (non-hydrogen) atoms. The van der Waals surface area contributed by atoms with Gasteiger partial charge in [0.05, 0.1) is 23.6 Å². The quantitative estimate of drug-likeness (QED) is 0.698. The van der Waals surface area contributed by atoms with E-state index in [0.29, 0.717) is 5.52 Å². The maximum absolute atomic E-state index is 11.3. The highest BCUT2D eigenvalue weighted by Crippen LogP contribution is 2.09. The maximum Gasteiger partial charge on any atom is 0.419 e. The number of rotatable bonds is 1. The minimum Gasteiger partial charge on any atom is -0.465 e. The molecule has 1 aromatic heterocycles. The van der Waals surface area contributed by atoms with Gasteiger partial charge in [0.1, 0.15) is 0 Å². The van der Waals surface area contributed by atoms with Gasteiger partial charge in [-0.1, -0.05) is 0 Å². The van der Waals surface area contributed by atoms with Gasteiger partial charge in [0.15, 0.2) is 0 Å². The van der Waals surface area contributed by atoms with E-state index in [1.54, 1.807) is 0 Å². The van der Waals surface area contributed by atoms with Crippen molar-refractivity contribution in [3.8, 4) is 0 Å². The molecular weight excluding hydrogens is 214 g/mol. The second kappa shape index (κ2) is 3.65. The largest absolute Gasteiger partial charge is 0.465 e. The first-order chi connectivity index (χ1) is 7.61. The smallest absolute Gasteiger partial charge is 0.419 e. The fourth-order valence-corrected chi connectivity index (χ4v) is 1.34. The van der Waals surface area contributed by atoms with Crippen LogP contribution in [0, 0.1) is 0 Å². The Kier molecular flexibility index (Phi) is 2.32. The summed E-state index contributed by atoms with van der Waals surface area (Å²) in [6.07, 6.45) is 0. The number of H-pyrrole nitrogens is 1. The molecule has 0 aliphatic rings. The summed E-state index contributed by atoms with van der Waals surface area (Å²) in [4.78, 5) is 35.7. The topological polar surface area (TPSA) is 89.4 Å². The van der Waals surface area contributed by atoms with Crippen molar-refractivity contribution in [1.82, 2.24) is 4.98 Å². The zero-order chi connectivity index (χ0) is 11.7. The summed E-state index contributed by atoms with van der Waals surface area (Å²) in [5.74, 6) is -1.39. The van der Waals surface area contributed by atoms with Crippen LogP contribution in [0.15, 0.2) is 32.2 Å². The third-order valence-electron chi connectivity index (χ3n) is 2.08. The number of benzene rings is 1. The van der Waals surface area contributed by atoms with Gasteiger partial charge >= 0.3 is 17.4 Å². The summed E-state index contributed by atoms with van der Waals surface area (Å²) >= 11 is 0. The van der Waals surface area contributed by atoms with Crippen LogP contribution in [-0.4, -0.2) is 18.1 Å². The molecule has 0 radical (unpaired) electrons. The summed E-state index contributed by atoms with van der Waals surface area (Å²) in [5, 5.41) is 0.127. The Morgan fingerprint density at radius 3 is 2.81 bits per heavy atom. The molecule has 0 amide bonds. The van der Waals surface area contributed by atoms with Gasteiger partial charge < -0.3 is 9.15 Å². The second-order valence-electron chi connectivity index (χ2n) is 3.05. The van der Waals surface area contributed by atoms with E-state index in [-0.39, 0.29) is 10.9 Å². The van der Waals surface area contributed by atoms with Gasteiger partial charge in [-0.25, -0.2) is 14.4 Å². The zero-order valence-corrected chi connectivity index (χ0v) is 8.27. The highest BCUT2D eigenvalue weighted by molar-refractivity contribution is 5.93. The van der Waals surface area contributed by atoms with Crippen LogP contribution in [0.5, 0.6) is 0 Å². The van der Waals surface area contributed by atoms with Crippen LogP contribution in [0.25, 0.3) is 10.9 Å². The summed E-state index contributed by atoms with van der Waals surface area (Å²) in [6.45, 7) is 0. The number of esters is 1. The Bertz CT molecular complexity index is 667. The fourth-order valence-electron chi connectivity index (χ4n) is 1.34. The molecule has 0 bridgehead atoms. The fraction of sp³-hybridized carbons (Fsp3) is 0.100. The van der Waals surface area contributed by atoms with E-state index in [0.717, 1.165) is 0 Å². The van der Waals surface area contributed by atoms with Crippen LogP contribution in [0.4, 0.5) is 0 Å². The first-order valence-electron chi connectivity index (χ1n) is 4.37. The molecule has 0 spiro atoms. The monoisotopic (exact) mass is 221 g/mol. The molecule has 1 heterocycles. The molecule has 0 atom stereocenters. The van der Waals surface area contributed by atoms with Crippen molar-refractivity contribution in [2.45, 2.75) is 0 Å². The van der Waals surface area contributed by atoms with Crippen LogP contribution in [-0.2, 0) is 4.74 Å². The van der Waals surface area contributed by atoms with E-state index in [4.69, 9.17) is 0 Å². The number of methoxy groups -OCH3 is 1. The number of hydrogen-bond acceptors (Lipinski definition) is 5. The van der Waals surface area contributed by atoms with E-state index >= 15 is 0 Å². The van der Waals surface area contributed by atoms with E-state index in [1.807, 2.05) is 0 Å². The molecule has 0 aliphatic heterocycles. The van der Waals surface area contributed by atoms with Gasteiger partial charge in [0.2, 0.25) is 0 Å². The molecule has 2 rings (SSSR count). The van der Waals surface area contributed by atoms with Crippen LogP contribution in [0.1, 0.15) is 10.4 Å². The van der Waals surface area contributed by atoms with Crippen LogP contribution < -0.4 is 11.4 Å². The average molecular weight is 221 g/mol. The first kappa shape index (κ1) is 10.2. The lowest BCUT2D eigenvalue weighted by molar-refractivity contribution is 0.0601. The predicted molar refractivity (Wildman–Crippen MR) is 54.4 cm³/mol. The highest BCUT2D eigenvalue weighted by Gasteiger charge is 2.09. The summed E-state index contributed by atoms with van der Waals surface area (Å²) in [5.41, 5.74) is -0.257. The van der Waals surface area contributed by atoms with Crippen molar-refractivity contribution in [2.75, 3.05) is 7.11 Å². The van der Waals surface area contributed by atoms with Crippen LogP contribution in [0.3, 0.4) is 0 Å². The van der Waals surface area contributed by atoms with Crippen molar-refractivity contribution < 1.29 is 13.9 Å². The Morgan fingerprint density at radius 1 is 1.38 bits per heavy atom. The Labute approximate surface area is 88.5 Å². The number of carbonyl (C=O) groups excluding carboxylic acids is 1. The normalized spacial score (nSPS) is 10.3. The molecule has 0 saturated carbocycles. The summed E-state index contributed by atoms with van der Waals surface area (Å²) in [6, 6.07) is 4.20. The van der Waals surface area contributed by atoms with Crippen LogP contribution >= 0.6 is 0 Å². The predicted octanol–water partition coefficient (Wildman–Crippen LogP) is 0.268. The van der Waals surface area contributed by atoms with Gasteiger partial charge in [-0.2, -0.15) is 0 Å². The zero-order valence-electron chi connectivity index (χ0n) is 8.27. The molecule has 1 N–H and O–H groups in total. The SMILES string of the molecule is COC(=O)c1ccc2[nH]c(=O)oc(=O)c2c1. The van der Waals surface area contributed by atoms with Gasteiger partial charge in [-0.15, -0.1) is 0 Å². The molecule has 6 heteroatoms. The lowest BCUT2D eigenvalue weighted by atomic mass is 10.1. The number of ether oxygens (including phenoxy) is 1. The third kappa shape index (κ3) is 1.60. The summed E-state index contributed by atoms with van der Waals surface area (Å²) in [7, 11) is 1.24. The highest BCUT2D eigenvalue weighted by atomic mass is 16.5. The number of hydrogen-bond donors (Lipinski definition) is 1. The molecule has 6 nitrogen and oxygen atoms in total. The molecule has 0 fully saturated rings. The van der Waals surface area contributed by atoms with E-state index in [1.165, 1.54) is 25.3 Å². The van der Waals surface area contributed by atoms with Crippen molar-refractivity contribution in [1.29, 1.82) is 0 Å². The number of aromatic amines is 1. The molecule has 0 aliphatic carbocycles. The number of nitrogens with one attached hydrogen (secondary N) is 1. The van der Waals surface area contributed by atoms with E-state index < -0.39 is 17.4 Å². The van der Waals surface area contributed by atoms with Crippen molar-refractivity contribution in [3.05, 3.63) is 44.7 Å². The van der Waals surface area contributed by atoms with Crippen molar-refractivity contribution >= 4 is 16.9 Å². The number of aromatic nitrogens is 1.